The van der Waals surface area contributed by atoms with Gasteiger partial charge < -0.3 is 0 Å². The molecule has 0 saturated heterocycles. The third kappa shape index (κ3) is 3.02. The van der Waals surface area contributed by atoms with Gasteiger partial charge in [-0.2, -0.15) is 9.64 Å². The minimum absolute atomic E-state index is 0.129. The lowest BCUT2D eigenvalue weighted by Crippen LogP contribution is -2.25. The Morgan fingerprint density at radius 1 is 1.25 bits per heavy atom. The monoisotopic (exact) mass is 301 g/mol. The molecule has 1 aromatic heterocycles. The predicted molar refractivity (Wildman–Crippen MR) is 81.7 cm³/mol. The number of thioether (sulfide) groups is 1. The Morgan fingerprint density at radius 2 is 2.10 bits per heavy atom. The van der Waals surface area contributed by atoms with E-state index in [4.69, 9.17) is 0 Å². The van der Waals surface area contributed by atoms with E-state index < -0.39 is 0 Å². The second-order valence-electron chi connectivity index (χ2n) is 5.02. The Labute approximate surface area is 127 Å². The Bertz CT molecular complexity index is 577. The molecule has 5 heteroatoms. The summed E-state index contributed by atoms with van der Waals surface area (Å²) in [5.41, 5.74) is 1.40. The lowest BCUT2D eigenvalue weighted by molar-refractivity contribution is 0.393. The zero-order chi connectivity index (χ0) is 13.8. The Balaban J connectivity index is 1.74. The molecule has 1 heterocycles. The summed E-state index contributed by atoms with van der Waals surface area (Å²) in [5.74, 6) is 0.690. The smallest absolute Gasteiger partial charge is 0.170 e. The maximum absolute atomic E-state index is 9.35. The van der Waals surface area contributed by atoms with Crippen molar-refractivity contribution in [3.05, 3.63) is 42.2 Å². The molecule has 2 aromatic rings. The predicted octanol–water partition coefficient (Wildman–Crippen LogP) is 4.11. The topological polar surface area (TPSA) is 49.6 Å². The van der Waals surface area contributed by atoms with Crippen molar-refractivity contribution < 1.29 is 0 Å². The van der Waals surface area contributed by atoms with E-state index in [2.05, 4.69) is 45.8 Å². The van der Waals surface area contributed by atoms with Crippen LogP contribution in [0.5, 0.6) is 0 Å². The molecular weight excluding hydrogens is 286 g/mol. The number of rotatable bonds is 3. The summed E-state index contributed by atoms with van der Waals surface area (Å²) in [7, 11) is 0. The highest BCUT2D eigenvalue weighted by Crippen LogP contribution is 2.43. The highest BCUT2D eigenvalue weighted by atomic mass is 32.2. The zero-order valence-electron chi connectivity index (χ0n) is 11.0. The summed E-state index contributed by atoms with van der Waals surface area (Å²) in [6.07, 6.45) is 4.72. The first-order valence-electron chi connectivity index (χ1n) is 6.74. The molecule has 3 unspecified atom stereocenters. The standard InChI is InChI=1S/C15H15N3S2/c16-9-13-7-6-12(11-4-2-1-3-5-11)8-14(13)19-15-17-10-18-20-15/h1-5,10,12-14H,6-8H2. The molecule has 102 valence electrons. The van der Waals surface area contributed by atoms with E-state index in [1.165, 1.54) is 17.1 Å². The van der Waals surface area contributed by atoms with Gasteiger partial charge in [0.25, 0.3) is 0 Å². The van der Waals surface area contributed by atoms with E-state index in [1.54, 1.807) is 18.1 Å². The van der Waals surface area contributed by atoms with Crippen molar-refractivity contribution in [2.75, 3.05) is 0 Å². The SMILES string of the molecule is N#CC1CCC(c2ccccc2)CC1Sc1ncns1. The minimum Gasteiger partial charge on any atom is -0.216 e. The molecule has 1 fully saturated rings. The van der Waals surface area contributed by atoms with E-state index in [-0.39, 0.29) is 5.92 Å². The van der Waals surface area contributed by atoms with Crippen LogP contribution in [-0.4, -0.2) is 14.6 Å². The number of nitrogens with zero attached hydrogens (tertiary/aromatic N) is 3. The first kappa shape index (κ1) is 13.6. The molecule has 3 nitrogen and oxygen atoms in total. The van der Waals surface area contributed by atoms with Crippen molar-refractivity contribution in [1.82, 2.24) is 9.36 Å². The molecule has 1 saturated carbocycles. The van der Waals surface area contributed by atoms with Gasteiger partial charge in [0.1, 0.15) is 6.33 Å². The minimum atomic E-state index is 0.129. The van der Waals surface area contributed by atoms with Crippen LogP contribution in [0.2, 0.25) is 0 Å². The fraction of sp³-hybridized carbons (Fsp3) is 0.400. The summed E-state index contributed by atoms with van der Waals surface area (Å²) in [6.45, 7) is 0. The van der Waals surface area contributed by atoms with Crippen molar-refractivity contribution >= 4 is 23.3 Å². The molecule has 1 aromatic carbocycles. The van der Waals surface area contributed by atoms with Gasteiger partial charge in [-0.15, -0.1) is 0 Å². The maximum Gasteiger partial charge on any atom is 0.170 e. The molecule has 1 aliphatic carbocycles. The van der Waals surface area contributed by atoms with Crippen LogP contribution in [0.15, 0.2) is 41.0 Å². The number of hydrogen-bond donors (Lipinski definition) is 0. The average molecular weight is 301 g/mol. The molecule has 0 N–H and O–H groups in total. The highest BCUT2D eigenvalue weighted by molar-refractivity contribution is 8.01. The van der Waals surface area contributed by atoms with Crippen LogP contribution < -0.4 is 0 Å². The van der Waals surface area contributed by atoms with Gasteiger partial charge in [-0.1, -0.05) is 42.1 Å². The van der Waals surface area contributed by atoms with Gasteiger partial charge in [0.15, 0.2) is 4.34 Å². The van der Waals surface area contributed by atoms with E-state index >= 15 is 0 Å². The van der Waals surface area contributed by atoms with Crippen molar-refractivity contribution in [3.63, 3.8) is 0 Å². The maximum atomic E-state index is 9.35. The van der Waals surface area contributed by atoms with Gasteiger partial charge in [0.05, 0.1) is 12.0 Å². The van der Waals surface area contributed by atoms with E-state index in [0.29, 0.717) is 11.2 Å². The van der Waals surface area contributed by atoms with Gasteiger partial charge in [-0.25, -0.2) is 4.98 Å². The lowest BCUT2D eigenvalue weighted by Gasteiger charge is -2.32. The third-order valence-corrected chi connectivity index (χ3v) is 5.93. The summed E-state index contributed by atoms with van der Waals surface area (Å²) in [4.78, 5) is 4.24. The quantitative estimate of drug-likeness (QED) is 0.856. The number of nitriles is 1. The summed E-state index contributed by atoms with van der Waals surface area (Å²) in [5, 5.41) is 9.68. The molecular formula is C15H15N3S2. The summed E-state index contributed by atoms with van der Waals surface area (Å²) in [6, 6.07) is 13.1. The van der Waals surface area contributed by atoms with Gasteiger partial charge in [-0.05, 0) is 42.3 Å². The molecule has 0 radical (unpaired) electrons. The van der Waals surface area contributed by atoms with Gasteiger partial charge in [0.2, 0.25) is 0 Å². The van der Waals surface area contributed by atoms with E-state index in [9.17, 15) is 5.26 Å². The van der Waals surface area contributed by atoms with E-state index in [0.717, 1.165) is 23.6 Å². The molecule has 3 atom stereocenters. The molecule has 0 aliphatic heterocycles. The van der Waals surface area contributed by atoms with Crippen LogP contribution in [0, 0.1) is 17.2 Å². The Hall–Kier alpha value is -1.38. The first-order chi connectivity index (χ1) is 9.86. The van der Waals surface area contributed by atoms with Gasteiger partial charge >= 0.3 is 0 Å². The summed E-state index contributed by atoms with van der Waals surface area (Å²) >= 11 is 3.14. The normalized spacial score (nSPS) is 26.1. The Morgan fingerprint density at radius 3 is 2.80 bits per heavy atom. The molecule has 20 heavy (non-hydrogen) atoms. The average Bonchev–Trinajstić information content (AvgIpc) is 3.01. The van der Waals surface area contributed by atoms with Crippen molar-refractivity contribution in [2.45, 2.75) is 34.8 Å². The summed E-state index contributed by atoms with van der Waals surface area (Å²) < 4.78 is 5.02. The second-order valence-corrected chi connectivity index (χ2v) is 7.29. The van der Waals surface area contributed by atoms with Crippen molar-refractivity contribution in [2.24, 2.45) is 5.92 Å². The fourth-order valence-electron chi connectivity index (χ4n) is 2.78. The highest BCUT2D eigenvalue weighted by Gasteiger charge is 2.32. The number of aromatic nitrogens is 2. The third-order valence-electron chi connectivity index (χ3n) is 3.82. The number of hydrogen-bond acceptors (Lipinski definition) is 5. The molecule has 3 rings (SSSR count). The molecule has 0 spiro atoms. The Kier molecular flexibility index (Phi) is 4.34. The molecule has 0 amide bonds. The van der Waals surface area contributed by atoms with Crippen molar-refractivity contribution in [1.29, 1.82) is 5.26 Å². The first-order valence-corrected chi connectivity index (χ1v) is 8.40. The molecule has 1 aliphatic rings. The van der Waals surface area contributed by atoms with Crippen LogP contribution >= 0.6 is 23.3 Å². The van der Waals surface area contributed by atoms with Crippen LogP contribution in [0.1, 0.15) is 30.7 Å². The second kappa shape index (κ2) is 6.38. The van der Waals surface area contributed by atoms with Crippen LogP contribution in [-0.2, 0) is 0 Å². The number of benzene rings is 1. The van der Waals surface area contributed by atoms with Crippen LogP contribution in [0.4, 0.5) is 0 Å². The fourth-order valence-corrected chi connectivity index (χ4v) is 4.79. The lowest BCUT2D eigenvalue weighted by atomic mass is 9.79. The van der Waals surface area contributed by atoms with Crippen LogP contribution in [0.25, 0.3) is 0 Å². The van der Waals surface area contributed by atoms with Gasteiger partial charge in [-0.3, -0.25) is 0 Å². The largest absolute Gasteiger partial charge is 0.216 e. The zero-order valence-corrected chi connectivity index (χ0v) is 12.6. The van der Waals surface area contributed by atoms with E-state index in [1.807, 2.05) is 0 Å². The molecule has 0 bridgehead atoms. The van der Waals surface area contributed by atoms with Crippen molar-refractivity contribution in [3.8, 4) is 6.07 Å². The van der Waals surface area contributed by atoms with Crippen LogP contribution in [0.3, 0.4) is 0 Å². The van der Waals surface area contributed by atoms with Gasteiger partial charge in [0, 0.05) is 5.25 Å².